The number of carboxylic acid groups (broad SMARTS) is 1. The fraction of sp³-hybridized carbons (Fsp3) is 0.409. The predicted octanol–water partition coefficient (Wildman–Crippen LogP) is 3.58. The Balaban J connectivity index is 2.29. The topological polar surface area (TPSA) is 89.9 Å². The average Bonchev–Trinajstić information content (AvgIpc) is 2.66. The predicted molar refractivity (Wildman–Crippen MR) is 111 cm³/mol. The lowest BCUT2D eigenvalue weighted by Crippen LogP contribution is -2.26. The lowest BCUT2D eigenvalue weighted by atomic mass is 10.1. The van der Waals surface area contributed by atoms with E-state index in [2.05, 4.69) is 0 Å². The van der Waals surface area contributed by atoms with Gasteiger partial charge >= 0.3 is 5.97 Å². The number of rotatable bonds is 11. The quantitative estimate of drug-likeness (QED) is 0.559. The van der Waals surface area contributed by atoms with Gasteiger partial charge in [0.15, 0.2) is 9.84 Å². The number of carbonyl (C=O) groups is 1. The molecule has 0 aliphatic carbocycles. The van der Waals surface area contributed by atoms with Crippen LogP contribution in [0.5, 0.6) is 5.75 Å². The van der Waals surface area contributed by atoms with Crippen molar-refractivity contribution >= 4 is 15.8 Å². The second kappa shape index (κ2) is 10.4. The van der Waals surface area contributed by atoms with Gasteiger partial charge in [0.2, 0.25) is 0 Å². The molecular formula is C22H28O6S. The van der Waals surface area contributed by atoms with Gasteiger partial charge in [-0.2, -0.15) is 0 Å². The molecule has 1 unspecified atom stereocenters. The van der Waals surface area contributed by atoms with Gasteiger partial charge in [0, 0.05) is 6.61 Å². The average molecular weight is 421 g/mol. The third kappa shape index (κ3) is 6.30. The van der Waals surface area contributed by atoms with Gasteiger partial charge < -0.3 is 14.6 Å². The maximum atomic E-state index is 13.6. The number of aryl methyl sites for hydroxylation is 2. The molecule has 0 spiro atoms. The molecule has 1 N–H and O–H groups in total. The summed E-state index contributed by atoms with van der Waals surface area (Å²) in [4.78, 5) is 10.9. The van der Waals surface area contributed by atoms with Gasteiger partial charge in [-0.1, -0.05) is 30.3 Å². The summed E-state index contributed by atoms with van der Waals surface area (Å²) in [6.45, 7) is 3.37. The molecule has 0 heterocycles. The van der Waals surface area contributed by atoms with E-state index in [-0.39, 0.29) is 13.2 Å². The summed E-state index contributed by atoms with van der Waals surface area (Å²) in [5.74, 6) is -0.413. The van der Waals surface area contributed by atoms with Crippen molar-refractivity contribution in [3.8, 4) is 5.75 Å². The molecular weight excluding hydrogens is 392 g/mol. The third-order valence-corrected chi connectivity index (χ3v) is 7.23. The molecule has 2 aromatic rings. The minimum Gasteiger partial charge on any atom is -0.497 e. The Morgan fingerprint density at radius 2 is 1.72 bits per heavy atom. The van der Waals surface area contributed by atoms with Crippen LogP contribution in [-0.4, -0.2) is 45.1 Å². The Morgan fingerprint density at radius 3 is 2.28 bits per heavy atom. The molecule has 0 bridgehead atoms. The molecule has 0 amide bonds. The first-order valence-corrected chi connectivity index (χ1v) is 11.0. The van der Waals surface area contributed by atoms with Crippen molar-refractivity contribution in [1.29, 1.82) is 0 Å². The Bertz CT molecular complexity index is 899. The highest BCUT2D eigenvalue weighted by molar-refractivity contribution is 7.92. The zero-order valence-corrected chi connectivity index (χ0v) is 17.9. The smallest absolute Gasteiger partial charge is 0.329 e. The maximum Gasteiger partial charge on any atom is 0.329 e. The molecule has 6 nitrogen and oxygen atoms in total. The minimum atomic E-state index is -3.62. The van der Waals surface area contributed by atoms with Gasteiger partial charge in [-0.25, -0.2) is 13.2 Å². The Hall–Kier alpha value is -2.38. The number of benzene rings is 2. The fourth-order valence-electron chi connectivity index (χ4n) is 3.46. The third-order valence-electron chi connectivity index (χ3n) is 4.74. The van der Waals surface area contributed by atoms with Crippen LogP contribution >= 0.6 is 0 Å². The highest BCUT2D eigenvalue weighted by Crippen LogP contribution is 2.31. The van der Waals surface area contributed by atoms with Crippen molar-refractivity contribution in [3.63, 3.8) is 0 Å². The summed E-state index contributed by atoms with van der Waals surface area (Å²) < 4.78 is 37.5. The summed E-state index contributed by atoms with van der Waals surface area (Å²) in [5.41, 5.74) is 2.25. The van der Waals surface area contributed by atoms with Crippen LogP contribution in [0.2, 0.25) is 0 Å². The lowest BCUT2D eigenvalue weighted by Gasteiger charge is -2.21. The van der Waals surface area contributed by atoms with E-state index in [1.165, 1.54) is 0 Å². The molecule has 2 rings (SSSR count). The van der Waals surface area contributed by atoms with E-state index in [4.69, 9.17) is 14.6 Å². The molecule has 0 fully saturated rings. The number of carboxylic acids is 1. The van der Waals surface area contributed by atoms with E-state index >= 15 is 0 Å². The zero-order chi connectivity index (χ0) is 21.4. The van der Waals surface area contributed by atoms with Gasteiger partial charge in [-0.15, -0.1) is 0 Å². The van der Waals surface area contributed by atoms with E-state index in [1.54, 1.807) is 33.1 Å². The number of aliphatic carboxylic acids is 1. The van der Waals surface area contributed by atoms with E-state index in [0.29, 0.717) is 41.0 Å². The fourth-order valence-corrected chi connectivity index (χ4v) is 5.70. The molecule has 0 saturated heterocycles. The molecule has 0 aromatic heterocycles. The van der Waals surface area contributed by atoms with Crippen molar-refractivity contribution in [3.05, 3.63) is 59.2 Å². The van der Waals surface area contributed by atoms with Gasteiger partial charge in [0.1, 0.15) is 12.4 Å². The van der Waals surface area contributed by atoms with E-state index in [9.17, 15) is 13.2 Å². The molecule has 1 atom stereocenters. The summed E-state index contributed by atoms with van der Waals surface area (Å²) in [5, 5.41) is 8.03. The van der Waals surface area contributed by atoms with Gasteiger partial charge in [0.25, 0.3) is 0 Å². The molecule has 7 heteroatoms. The first-order chi connectivity index (χ1) is 13.8. The molecule has 0 saturated carbocycles. The largest absolute Gasteiger partial charge is 0.497 e. The van der Waals surface area contributed by atoms with Gasteiger partial charge in [-0.05, 0) is 61.9 Å². The first kappa shape index (κ1) is 22.9. The normalized spacial score (nSPS) is 12.5. The monoisotopic (exact) mass is 420 g/mol. The van der Waals surface area contributed by atoms with Crippen LogP contribution < -0.4 is 4.74 Å². The summed E-state index contributed by atoms with van der Waals surface area (Å²) >= 11 is 0. The molecule has 158 valence electrons. The van der Waals surface area contributed by atoms with Crippen molar-refractivity contribution in [2.24, 2.45) is 0 Å². The van der Waals surface area contributed by atoms with Crippen LogP contribution in [0, 0.1) is 13.8 Å². The van der Waals surface area contributed by atoms with Crippen molar-refractivity contribution in [2.45, 2.75) is 43.3 Å². The van der Waals surface area contributed by atoms with Crippen molar-refractivity contribution in [1.82, 2.24) is 0 Å². The van der Waals surface area contributed by atoms with Crippen LogP contribution in [0.15, 0.2) is 47.4 Å². The lowest BCUT2D eigenvalue weighted by molar-refractivity contribution is -0.142. The Kier molecular flexibility index (Phi) is 8.22. The maximum absolute atomic E-state index is 13.6. The second-order valence-electron chi connectivity index (χ2n) is 7.04. The van der Waals surface area contributed by atoms with E-state index in [1.807, 2.05) is 30.3 Å². The van der Waals surface area contributed by atoms with E-state index in [0.717, 1.165) is 5.56 Å². The van der Waals surface area contributed by atoms with Crippen LogP contribution in [-0.2, 0) is 25.8 Å². The zero-order valence-electron chi connectivity index (χ0n) is 17.1. The van der Waals surface area contributed by atoms with Crippen LogP contribution in [0.25, 0.3) is 0 Å². The van der Waals surface area contributed by atoms with Crippen LogP contribution in [0.4, 0.5) is 0 Å². The number of methoxy groups -OCH3 is 1. The summed E-state index contributed by atoms with van der Waals surface area (Å²) in [6, 6.07) is 13.0. The SMILES string of the molecule is COc1cc(C)c(S(=O)(=O)C(CCCOCC(=O)O)Cc2ccccc2)c(C)c1. The molecule has 29 heavy (non-hydrogen) atoms. The molecule has 0 aliphatic heterocycles. The van der Waals surface area contributed by atoms with Crippen molar-refractivity contribution in [2.75, 3.05) is 20.3 Å². The first-order valence-electron chi connectivity index (χ1n) is 9.48. The van der Waals surface area contributed by atoms with Crippen LogP contribution in [0.3, 0.4) is 0 Å². The molecule has 0 aliphatic rings. The molecule has 0 radical (unpaired) electrons. The van der Waals surface area contributed by atoms with E-state index < -0.39 is 21.1 Å². The minimum absolute atomic E-state index is 0.202. The van der Waals surface area contributed by atoms with Gasteiger partial charge in [0.05, 0.1) is 17.3 Å². The number of sulfone groups is 1. The standard InChI is InChI=1S/C22H28O6S/c1-16-12-19(27-3)13-17(2)22(16)29(25,26)20(10-7-11-28-15-21(23)24)14-18-8-5-4-6-9-18/h4-6,8-9,12-13,20H,7,10-11,14-15H2,1-3H3,(H,23,24). The number of hydrogen-bond acceptors (Lipinski definition) is 5. The van der Waals surface area contributed by atoms with Gasteiger partial charge in [-0.3, -0.25) is 0 Å². The Morgan fingerprint density at radius 1 is 1.10 bits per heavy atom. The Labute approximate surface area is 172 Å². The highest BCUT2D eigenvalue weighted by atomic mass is 32.2. The number of hydrogen-bond donors (Lipinski definition) is 1. The second-order valence-corrected chi connectivity index (χ2v) is 9.20. The highest BCUT2D eigenvalue weighted by Gasteiger charge is 2.30. The summed E-state index contributed by atoms with van der Waals surface area (Å²) in [7, 11) is -2.06. The number of ether oxygens (including phenoxy) is 2. The molecule has 2 aromatic carbocycles. The summed E-state index contributed by atoms with van der Waals surface area (Å²) in [6.07, 6.45) is 1.22. The van der Waals surface area contributed by atoms with Crippen LogP contribution in [0.1, 0.15) is 29.5 Å². The van der Waals surface area contributed by atoms with Crippen molar-refractivity contribution < 1.29 is 27.8 Å².